The van der Waals surface area contributed by atoms with Crippen LogP contribution in [0.3, 0.4) is 0 Å². The molecule has 2 aromatic carbocycles. The topological polar surface area (TPSA) is 17.1 Å². The van der Waals surface area contributed by atoms with Crippen molar-refractivity contribution in [1.29, 1.82) is 0 Å². The van der Waals surface area contributed by atoms with Crippen LogP contribution in [0.25, 0.3) is 0 Å². The molecule has 2 aromatic rings. The summed E-state index contributed by atoms with van der Waals surface area (Å²) in [6.07, 6.45) is 0.748. The van der Waals surface area contributed by atoms with E-state index in [0.717, 1.165) is 12.0 Å². The molecule has 1 unspecified atom stereocenters. The molecule has 92 valence electrons. The number of carbonyl (C=O) groups excluding carboxylic acids is 1. The van der Waals surface area contributed by atoms with Gasteiger partial charge in [0.25, 0.3) is 0 Å². The minimum absolute atomic E-state index is 0.0573. The molecule has 0 radical (unpaired) electrons. The lowest BCUT2D eigenvalue weighted by Gasteiger charge is -2.13. The molecule has 0 aliphatic heterocycles. The van der Waals surface area contributed by atoms with E-state index in [1.54, 1.807) is 0 Å². The quantitative estimate of drug-likeness (QED) is 0.638. The number of carbonyl (C=O) groups is 1. The monoisotopic (exact) mass is 256 g/mol. The molecule has 18 heavy (non-hydrogen) atoms. The molecule has 1 nitrogen and oxygen atoms in total. The number of ketones is 1. The Balaban J connectivity index is 2.12. The molecule has 0 amide bonds. The number of hydrogen-bond donors (Lipinski definition) is 1. The van der Waals surface area contributed by atoms with E-state index in [1.165, 1.54) is 5.56 Å². The highest BCUT2D eigenvalue weighted by molar-refractivity contribution is 7.80. The zero-order valence-corrected chi connectivity index (χ0v) is 11.0. The number of rotatable bonds is 5. The first-order valence-corrected chi connectivity index (χ1v) is 6.68. The second-order valence-electron chi connectivity index (χ2n) is 4.30. The second kappa shape index (κ2) is 6.41. The van der Waals surface area contributed by atoms with Gasteiger partial charge in [-0.2, -0.15) is 12.6 Å². The Morgan fingerprint density at radius 2 is 1.50 bits per heavy atom. The maximum atomic E-state index is 12.3. The Bertz CT molecular complexity index is 493. The lowest BCUT2D eigenvalue weighted by molar-refractivity contribution is 0.0932. The van der Waals surface area contributed by atoms with Crippen molar-refractivity contribution in [3.63, 3.8) is 0 Å². The first-order chi connectivity index (χ1) is 8.81. The van der Waals surface area contributed by atoms with Gasteiger partial charge in [-0.05, 0) is 12.0 Å². The number of Topliss-reactive ketones (excluding diaryl/α,β-unsaturated/α-hetero) is 1. The second-order valence-corrected chi connectivity index (χ2v) is 4.66. The van der Waals surface area contributed by atoms with Gasteiger partial charge >= 0.3 is 0 Å². The summed E-state index contributed by atoms with van der Waals surface area (Å²) in [7, 11) is 0. The summed E-state index contributed by atoms with van der Waals surface area (Å²) in [5.41, 5.74) is 1.95. The molecule has 0 heterocycles. The van der Waals surface area contributed by atoms with Gasteiger partial charge in [-0.25, -0.2) is 0 Å². The van der Waals surface area contributed by atoms with Gasteiger partial charge in [0.15, 0.2) is 5.78 Å². The van der Waals surface area contributed by atoms with Gasteiger partial charge < -0.3 is 0 Å². The van der Waals surface area contributed by atoms with Crippen LogP contribution in [0.1, 0.15) is 15.9 Å². The molecule has 1 atom stereocenters. The molecule has 0 fully saturated rings. The fourth-order valence-electron chi connectivity index (χ4n) is 1.98. The average Bonchev–Trinajstić information content (AvgIpc) is 2.46. The Morgan fingerprint density at radius 3 is 2.06 bits per heavy atom. The summed E-state index contributed by atoms with van der Waals surface area (Å²) in [4.78, 5) is 12.3. The summed E-state index contributed by atoms with van der Waals surface area (Å²) in [6.45, 7) is 0. The predicted molar refractivity (Wildman–Crippen MR) is 78.3 cm³/mol. The van der Waals surface area contributed by atoms with E-state index < -0.39 is 0 Å². The minimum atomic E-state index is -0.0573. The Kier molecular flexibility index (Phi) is 4.59. The molecule has 0 N–H and O–H groups in total. The average molecular weight is 256 g/mol. The largest absolute Gasteiger partial charge is 0.294 e. The minimum Gasteiger partial charge on any atom is -0.294 e. The molecule has 0 aliphatic carbocycles. The number of thiol groups is 1. The van der Waals surface area contributed by atoms with Gasteiger partial charge in [-0.3, -0.25) is 4.79 Å². The van der Waals surface area contributed by atoms with Gasteiger partial charge in [-0.1, -0.05) is 60.7 Å². The van der Waals surface area contributed by atoms with Gasteiger partial charge in [0.1, 0.15) is 0 Å². The van der Waals surface area contributed by atoms with Crippen LogP contribution >= 0.6 is 12.6 Å². The van der Waals surface area contributed by atoms with Crippen LogP contribution in [0.4, 0.5) is 0 Å². The van der Waals surface area contributed by atoms with Gasteiger partial charge in [0.2, 0.25) is 0 Å². The maximum absolute atomic E-state index is 12.3. The van der Waals surface area contributed by atoms with Gasteiger partial charge in [0.05, 0.1) is 0 Å². The van der Waals surface area contributed by atoms with E-state index in [9.17, 15) is 4.79 Å². The van der Waals surface area contributed by atoms with Crippen molar-refractivity contribution in [2.45, 2.75) is 6.42 Å². The molecule has 0 spiro atoms. The lowest BCUT2D eigenvalue weighted by atomic mass is 9.93. The predicted octanol–water partition coefficient (Wildman–Crippen LogP) is 3.66. The molecule has 0 bridgehead atoms. The third-order valence-electron chi connectivity index (χ3n) is 2.97. The molecule has 0 aromatic heterocycles. The standard InChI is InChI=1S/C16H16OS/c17-16(14-9-5-2-6-10-14)15(12-18)11-13-7-3-1-4-8-13/h1-10,15,18H,11-12H2. The van der Waals surface area contributed by atoms with Crippen molar-refractivity contribution in [1.82, 2.24) is 0 Å². The normalized spacial score (nSPS) is 12.1. The highest BCUT2D eigenvalue weighted by Gasteiger charge is 2.18. The molecular weight excluding hydrogens is 240 g/mol. The van der Waals surface area contributed by atoms with Crippen molar-refractivity contribution in [3.8, 4) is 0 Å². The summed E-state index contributed by atoms with van der Waals surface area (Å²) < 4.78 is 0. The number of hydrogen-bond acceptors (Lipinski definition) is 2. The van der Waals surface area contributed by atoms with E-state index in [2.05, 4.69) is 24.8 Å². The van der Waals surface area contributed by atoms with E-state index in [0.29, 0.717) is 5.75 Å². The van der Waals surface area contributed by atoms with Crippen molar-refractivity contribution < 1.29 is 4.79 Å². The Hall–Kier alpha value is -1.54. The fraction of sp³-hybridized carbons (Fsp3) is 0.188. The molecule has 2 heteroatoms. The van der Waals surface area contributed by atoms with Gasteiger partial charge in [-0.15, -0.1) is 0 Å². The maximum Gasteiger partial charge on any atom is 0.167 e. The summed E-state index contributed by atoms with van der Waals surface area (Å²) in [6, 6.07) is 19.5. The molecule has 0 aliphatic rings. The van der Waals surface area contributed by atoms with E-state index in [1.807, 2.05) is 48.5 Å². The van der Waals surface area contributed by atoms with E-state index in [4.69, 9.17) is 0 Å². The van der Waals surface area contributed by atoms with Crippen LogP contribution in [0.2, 0.25) is 0 Å². The van der Waals surface area contributed by atoms with Crippen LogP contribution in [-0.2, 0) is 6.42 Å². The lowest BCUT2D eigenvalue weighted by Crippen LogP contribution is -2.19. The highest BCUT2D eigenvalue weighted by atomic mass is 32.1. The summed E-state index contributed by atoms with van der Waals surface area (Å²) >= 11 is 4.31. The first kappa shape index (κ1) is 12.9. The van der Waals surface area contributed by atoms with Crippen LogP contribution in [0, 0.1) is 5.92 Å². The zero-order chi connectivity index (χ0) is 12.8. The van der Waals surface area contributed by atoms with Crippen LogP contribution < -0.4 is 0 Å². The van der Waals surface area contributed by atoms with Crippen LogP contribution in [0.5, 0.6) is 0 Å². The number of benzene rings is 2. The fourth-order valence-corrected chi connectivity index (χ4v) is 2.27. The Labute approximate surface area is 113 Å². The molecule has 0 saturated heterocycles. The molecule has 2 rings (SSSR count). The first-order valence-electron chi connectivity index (χ1n) is 6.05. The third-order valence-corrected chi connectivity index (χ3v) is 3.42. The molecule has 0 saturated carbocycles. The SMILES string of the molecule is O=C(c1ccccc1)C(CS)Cc1ccccc1. The van der Waals surface area contributed by atoms with E-state index >= 15 is 0 Å². The Morgan fingerprint density at radius 1 is 0.944 bits per heavy atom. The van der Waals surface area contributed by atoms with Crippen molar-refractivity contribution in [2.24, 2.45) is 5.92 Å². The van der Waals surface area contributed by atoms with Crippen molar-refractivity contribution >= 4 is 18.4 Å². The summed E-state index contributed by atoms with van der Waals surface area (Å²) in [5, 5.41) is 0. The smallest absolute Gasteiger partial charge is 0.167 e. The third kappa shape index (κ3) is 3.23. The van der Waals surface area contributed by atoms with Crippen molar-refractivity contribution in [2.75, 3.05) is 5.75 Å². The molecular formula is C16H16OS. The van der Waals surface area contributed by atoms with Gasteiger partial charge in [0, 0.05) is 17.2 Å². The van der Waals surface area contributed by atoms with Crippen LogP contribution in [0.15, 0.2) is 60.7 Å². The zero-order valence-electron chi connectivity index (χ0n) is 10.1. The highest BCUT2D eigenvalue weighted by Crippen LogP contribution is 2.16. The summed E-state index contributed by atoms with van der Waals surface area (Å²) in [5.74, 6) is 0.690. The van der Waals surface area contributed by atoms with Crippen LogP contribution in [-0.4, -0.2) is 11.5 Å². The van der Waals surface area contributed by atoms with E-state index in [-0.39, 0.29) is 11.7 Å². The van der Waals surface area contributed by atoms with Crippen molar-refractivity contribution in [3.05, 3.63) is 71.8 Å².